The van der Waals surface area contributed by atoms with Gasteiger partial charge in [0.2, 0.25) is 0 Å². The Kier molecular flexibility index (Phi) is 4.14. The lowest BCUT2D eigenvalue weighted by Crippen LogP contribution is -2.24. The molecule has 0 bridgehead atoms. The molecular formula is C14H15N3O2. The smallest absolute Gasteiger partial charge is 0.269 e. The molecule has 1 heterocycles. The van der Waals surface area contributed by atoms with Crippen LogP contribution in [0, 0.1) is 21.4 Å². The van der Waals surface area contributed by atoms with E-state index in [1.54, 1.807) is 12.1 Å². The summed E-state index contributed by atoms with van der Waals surface area (Å²) >= 11 is 0. The first-order chi connectivity index (χ1) is 9.20. The number of allylic oxidation sites excluding steroid dienone is 1. The summed E-state index contributed by atoms with van der Waals surface area (Å²) in [5.41, 5.74) is 1.31. The largest absolute Gasteiger partial charge is 0.376 e. The fourth-order valence-electron chi connectivity index (χ4n) is 2.16. The van der Waals surface area contributed by atoms with E-state index in [4.69, 9.17) is 0 Å². The molecule has 1 fully saturated rings. The van der Waals surface area contributed by atoms with Gasteiger partial charge >= 0.3 is 0 Å². The van der Waals surface area contributed by atoms with Gasteiger partial charge in [-0.15, -0.1) is 0 Å². The summed E-state index contributed by atoms with van der Waals surface area (Å²) < 4.78 is 0. The average molecular weight is 257 g/mol. The predicted molar refractivity (Wildman–Crippen MR) is 72.1 cm³/mol. The predicted octanol–water partition coefficient (Wildman–Crippen LogP) is 2.95. The summed E-state index contributed by atoms with van der Waals surface area (Å²) in [6.07, 6.45) is 5.40. The van der Waals surface area contributed by atoms with Crippen LogP contribution in [0.3, 0.4) is 0 Å². The molecule has 98 valence electrons. The fourth-order valence-corrected chi connectivity index (χ4v) is 2.16. The molecule has 0 aromatic heterocycles. The second-order valence-corrected chi connectivity index (χ2v) is 4.56. The molecule has 1 aromatic carbocycles. The third kappa shape index (κ3) is 3.32. The van der Waals surface area contributed by atoms with Gasteiger partial charge in [0, 0.05) is 31.4 Å². The number of likely N-dealkylation sites (tertiary alicyclic amines) is 1. The van der Waals surface area contributed by atoms with Crippen LogP contribution in [0.15, 0.2) is 30.5 Å². The van der Waals surface area contributed by atoms with Crippen LogP contribution in [0.4, 0.5) is 5.69 Å². The van der Waals surface area contributed by atoms with Crippen molar-refractivity contribution in [1.82, 2.24) is 4.90 Å². The number of nitrogens with zero attached hydrogens (tertiary/aromatic N) is 3. The molecule has 0 spiro atoms. The van der Waals surface area contributed by atoms with Crippen molar-refractivity contribution < 1.29 is 4.92 Å². The SMILES string of the molecule is N#C/C(=C\N1CCCCC1)c1ccc([N+](=O)[O-])cc1. The zero-order valence-electron chi connectivity index (χ0n) is 10.6. The van der Waals surface area contributed by atoms with Gasteiger partial charge in [-0.25, -0.2) is 0 Å². The summed E-state index contributed by atoms with van der Waals surface area (Å²) in [5, 5.41) is 19.8. The first kappa shape index (κ1) is 13.1. The van der Waals surface area contributed by atoms with Crippen LogP contribution in [0.1, 0.15) is 24.8 Å². The summed E-state index contributed by atoms with van der Waals surface area (Å²) in [7, 11) is 0. The van der Waals surface area contributed by atoms with E-state index in [9.17, 15) is 15.4 Å². The maximum Gasteiger partial charge on any atom is 0.269 e. The molecule has 1 saturated heterocycles. The minimum Gasteiger partial charge on any atom is -0.376 e. The molecule has 0 radical (unpaired) electrons. The van der Waals surface area contributed by atoms with E-state index < -0.39 is 4.92 Å². The molecule has 5 heteroatoms. The summed E-state index contributed by atoms with van der Waals surface area (Å²) in [6, 6.07) is 8.26. The highest BCUT2D eigenvalue weighted by atomic mass is 16.6. The molecule has 1 aromatic rings. The van der Waals surface area contributed by atoms with Gasteiger partial charge in [0.05, 0.1) is 10.5 Å². The van der Waals surface area contributed by atoms with Crippen molar-refractivity contribution in [3.05, 3.63) is 46.1 Å². The minimum atomic E-state index is -0.440. The highest BCUT2D eigenvalue weighted by molar-refractivity contribution is 5.76. The van der Waals surface area contributed by atoms with E-state index in [0.29, 0.717) is 5.57 Å². The van der Waals surface area contributed by atoms with Gasteiger partial charge in [-0.1, -0.05) is 0 Å². The molecule has 0 N–H and O–H groups in total. The van der Waals surface area contributed by atoms with Gasteiger partial charge in [0.25, 0.3) is 5.69 Å². The van der Waals surface area contributed by atoms with Gasteiger partial charge in [0.1, 0.15) is 6.07 Å². The highest BCUT2D eigenvalue weighted by Gasteiger charge is 2.10. The van der Waals surface area contributed by atoms with Crippen molar-refractivity contribution in [2.45, 2.75) is 19.3 Å². The average Bonchev–Trinajstić information content (AvgIpc) is 2.46. The zero-order chi connectivity index (χ0) is 13.7. The number of hydrogen-bond donors (Lipinski definition) is 0. The molecule has 0 saturated carbocycles. The fraction of sp³-hybridized carbons (Fsp3) is 0.357. The molecule has 5 nitrogen and oxygen atoms in total. The highest BCUT2D eigenvalue weighted by Crippen LogP contribution is 2.20. The Labute approximate surface area is 111 Å². The standard InChI is InChI=1S/C14H15N3O2/c15-10-13(11-16-8-2-1-3-9-16)12-4-6-14(7-5-12)17(18)19/h4-7,11H,1-3,8-9H2/b13-11+. The zero-order valence-corrected chi connectivity index (χ0v) is 10.6. The summed E-state index contributed by atoms with van der Waals surface area (Å²) in [6.45, 7) is 1.94. The molecule has 0 unspecified atom stereocenters. The van der Waals surface area contributed by atoms with Gasteiger partial charge in [-0.3, -0.25) is 10.1 Å². The van der Waals surface area contributed by atoms with Crippen molar-refractivity contribution in [2.24, 2.45) is 0 Å². The molecule has 1 aliphatic rings. The second-order valence-electron chi connectivity index (χ2n) is 4.56. The summed E-state index contributed by atoms with van der Waals surface area (Å²) in [5.74, 6) is 0. The molecule has 0 aliphatic carbocycles. The maximum absolute atomic E-state index is 10.6. The Balaban J connectivity index is 2.19. The Morgan fingerprint density at radius 1 is 1.26 bits per heavy atom. The third-order valence-corrected chi connectivity index (χ3v) is 3.21. The van der Waals surface area contributed by atoms with Gasteiger partial charge in [0.15, 0.2) is 0 Å². The van der Waals surface area contributed by atoms with E-state index >= 15 is 0 Å². The van der Waals surface area contributed by atoms with Crippen molar-refractivity contribution in [3.8, 4) is 6.07 Å². The number of hydrogen-bond acceptors (Lipinski definition) is 4. The molecule has 19 heavy (non-hydrogen) atoms. The number of nitro benzene ring substituents is 1. The van der Waals surface area contributed by atoms with Gasteiger partial charge in [-0.2, -0.15) is 5.26 Å². The van der Waals surface area contributed by atoms with Crippen LogP contribution in [0.25, 0.3) is 5.57 Å². The summed E-state index contributed by atoms with van der Waals surface area (Å²) in [4.78, 5) is 12.3. The number of nitro groups is 1. The quantitative estimate of drug-likeness (QED) is 0.474. The lowest BCUT2D eigenvalue weighted by molar-refractivity contribution is -0.384. The number of non-ortho nitro benzene ring substituents is 1. The van der Waals surface area contributed by atoms with E-state index in [-0.39, 0.29) is 5.69 Å². The maximum atomic E-state index is 10.6. The Bertz CT molecular complexity index is 523. The minimum absolute atomic E-state index is 0.0408. The normalized spacial score (nSPS) is 15.9. The second kappa shape index (κ2) is 6.01. The third-order valence-electron chi connectivity index (χ3n) is 3.21. The van der Waals surface area contributed by atoms with Crippen LogP contribution < -0.4 is 0 Å². The van der Waals surface area contributed by atoms with Crippen molar-refractivity contribution >= 4 is 11.3 Å². The molecule has 0 atom stereocenters. The van der Waals surface area contributed by atoms with Crippen LogP contribution in [0.2, 0.25) is 0 Å². The number of rotatable bonds is 3. The Morgan fingerprint density at radius 3 is 2.42 bits per heavy atom. The van der Waals surface area contributed by atoms with Gasteiger partial charge < -0.3 is 4.90 Å². The number of nitriles is 1. The van der Waals surface area contributed by atoms with E-state index in [1.807, 2.05) is 6.20 Å². The molecule has 0 amide bonds. The lowest BCUT2D eigenvalue weighted by atomic mass is 10.1. The van der Waals surface area contributed by atoms with Crippen LogP contribution in [-0.2, 0) is 0 Å². The topological polar surface area (TPSA) is 70.2 Å². The van der Waals surface area contributed by atoms with Crippen LogP contribution in [0.5, 0.6) is 0 Å². The van der Waals surface area contributed by atoms with Gasteiger partial charge in [-0.05, 0) is 37.0 Å². The van der Waals surface area contributed by atoms with Crippen LogP contribution >= 0.6 is 0 Å². The van der Waals surface area contributed by atoms with Crippen LogP contribution in [-0.4, -0.2) is 22.9 Å². The van der Waals surface area contributed by atoms with Crippen molar-refractivity contribution in [1.29, 1.82) is 5.26 Å². The number of benzene rings is 1. The Morgan fingerprint density at radius 2 is 1.89 bits per heavy atom. The molecule has 2 rings (SSSR count). The molecular weight excluding hydrogens is 242 g/mol. The molecule has 1 aliphatic heterocycles. The first-order valence-electron chi connectivity index (χ1n) is 6.31. The van der Waals surface area contributed by atoms with Crippen molar-refractivity contribution in [3.63, 3.8) is 0 Å². The van der Waals surface area contributed by atoms with E-state index in [1.165, 1.54) is 18.6 Å². The van der Waals surface area contributed by atoms with Crippen molar-refractivity contribution in [2.75, 3.05) is 13.1 Å². The first-order valence-corrected chi connectivity index (χ1v) is 6.31. The van der Waals surface area contributed by atoms with E-state index in [0.717, 1.165) is 31.5 Å². The number of piperidine rings is 1. The van der Waals surface area contributed by atoms with E-state index in [2.05, 4.69) is 11.0 Å². The Hall–Kier alpha value is -2.35. The lowest BCUT2D eigenvalue weighted by Gasteiger charge is -2.25. The monoisotopic (exact) mass is 257 g/mol.